The predicted molar refractivity (Wildman–Crippen MR) is 107 cm³/mol. The van der Waals surface area contributed by atoms with Crippen LogP contribution in [-0.2, 0) is 24.2 Å². The molecule has 2 aromatic carbocycles. The standard InChI is InChI=1S/C21H25BrN2O/c1-15(3-4-16-5-9-19(22)10-6-16)23-14-17-7-11-20-18(13-17)8-12-21(25)24(20)2/h5-7,9-11,13,15,23H,3-4,8,12,14H2,1-2H3. The van der Waals surface area contributed by atoms with Gasteiger partial charge in [-0.15, -0.1) is 0 Å². The Morgan fingerprint density at radius 2 is 1.84 bits per heavy atom. The van der Waals surface area contributed by atoms with Crippen molar-refractivity contribution in [1.29, 1.82) is 0 Å². The molecule has 4 heteroatoms. The third kappa shape index (κ3) is 4.71. The molecule has 1 unspecified atom stereocenters. The van der Waals surface area contributed by atoms with Gasteiger partial charge in [-0.3, -0.25) is 4.79 Å². The van der Waals surface area contributed by atoms with Gasteiger partial charge in [0.15, 0.2) is 0 Å². The number of benzene rings is 2. The van der Waals surface area contributed by atoms with Crippen molar-refractivity contribution in [3.05, 3.63) is 63.6 Å². The van der Waals surface area contributed by atoms with Crippen molar-refractivity contribution >= 4 is 27.5 Å². The highest BCUT2D eigenvalue weighted by Crippen LogP contribution is 2.27. The van der Waals surface area contributed by atoms with E-state index in [0.717, 1.165) is 36.0 Å². The zero-order valence-electron chi connectivity index (χ0n) is 14.9. The summed E-state index contributed by atoms with van der Waals surface area (Å²) in [4.78, 5) is 13.5. The van der Waals surface area contributed by atoms with Crippen LogP contribution in [0.4, 0.5) is 5.69 Å². The molecule has 1 N–H and O–H groups in total. The number of rotatable bonds is 6. The molecule has 1 atom stereocenters. The van der Waals surface area contributed by atoms with Crippen LogP contribution in [0.2, 0.25) is 0 Å². The van der Waals surface area contributed by atoms with E-state index in [4.69, 9.17) is 0 Å². The van der Waals surface area contributed by atoms with Crippen molar-refractivity contribution in [3.63, 3.8) is 0 Å². The summed E-state index contributed by atoms with van der Waals surface area (Å²) >= 11 is 3.48. The average Bonchev–Trinajstić information content (AvgIpc) is 2.62. The molecule has 0 aromatic heterocycles. The van der Waals surface area contributed by atoms with Gasteiger partial charge in [-0.2, -0.15) is 0 Å². The predicted octanol–water partition coefficient (Wildman–Crippen LogP) is 4.47. The Hall–Kier alpha value is -1.65. The Bertz CT molecular complexity index is 742. The van der Waals surface area contributed by atoms with Gasteiger partial charge in [0.05, 0.1) is 0 Å². The molecule has 0 fully saturated rings. The Morgan fingerprint density at radius 3 is 2.60 bits per heavy atom. The molecule has 25 heavy (non-hydrogen) atoms. The normalized spacial score (nSPS) is 15.2. The first-order chi connectivity index (χ1) is 12.0. The number of fused-ring (bicyclic) bond motifs is 1. The summed E-state index contributed by atoms with van der Waals surface area (Å²) in [6, 6.07) is 15.5. The van der Waals surface area contributed by atoms with Gasteiger partial charge in [0, 0.05) is 36.2 Å². The largest absolute Gasteiger partial charge is 0.315 e. The lowest BCUT2D eigenvalue weighted by Gasteiger charge is -2.26. The van der Waals surface area contributed by atoms with E-state index in [1.54, 1.807) is 4.90 Å². The van der Waals surface area contributed by atoms with E-state index in [9.17, 15) is 4.79 Å². The molecule has 1 heterocycles. The lowest BCUT2D eigenvalue weighted by Crippen LogP contribution is -2.31. The van der Waals surface area contributed by atoms with Gasteiger partial charge in [-0.25, -0.2) is 0 Å². The first-order valence-corrected chi connectivity index (χ1v) is 9.68. The molecule has 2 aromatic rings. The van der Waals surface area contributed by atoms with Crippen LogP contribution in [0.25, 0.3) is 0 Å². The molecule has 0 spiro atoms. The third-order valence-corrected chi connectivity index (χ3v) is 5.45. The lowest BCUT2D eigenvalue weighted by atomic mass is 9.99. The molecule has 0 bridgehead atoms. The number of carbonyl (C=O) groups excluding carboxylic acids is 1. The number of nitrogens with zero attached hydrogens (tertiary/aromatic N) is 1. The maximum Gasteiger partial charge on any atom is 0.227 e. The van der Waals surface area contributed by atoms with Crippen molar-refractivity contribution in [2.45, 2.75) is 45.2 Å². The molecule has 0 saturated carbocycles. The van der Waals surface area contributed by atoms with Crippen LogP contribution in [-0.4, -0.2) is 19.0 Å². The number of carbonyl (C=O) groups is 1. The molecule has 0 saturated heterocycles. The smallest absolute Gasteiger partial charge is 0.227 e. The molecule has 132 valence electrons. The highest BCUT2D eigenvalue weighted by molar-refractivity contribution is 9.10. The summed E-state index contributed by atoms with van der Waals surface area (Å²) in [5.41, 5.74) is 5.00. The quantitative estimate of drug-likeness (QED) is 0.775. The van der Waals surface area contributed by atoms with Gasteiger partial charge in [0.1, 0.15) is 0 Å². The fourth-order valence-electron chi connectivity index (χ4n) is 3.25. The number of aryl methyl sites for hydroxylation is 2. The number of amides is 1. The molecule has 3 nitrogen and oxygen atoms in total. The summed E-state index contributed by atoms with van der Waals surface area (Å²) in [5.74, 6) is 0.208. The zero-order valence-corrected chi connectivity index (χ0v) is 16.5. The summed E-state index contributed by atoms with van der Waals surface area (Å²) in [5, 5.41) is 3.62. The van der Waals surface area contributed by atoms with Gasteiger partial charge in [0.25, 0.3) is 0 Å². The van der Waals surface area contributed by atoms with E-state index < -0.39 is 0 Å². The summed E-state index contributed by atoms with van der Waals surface area (Å²) in [7, 11) is 1.86. The van der Waals surface area contributed by atoms with Crippen molar-refractivity contribution in [3.8, 4) is 0 Å². The summed E-state index contributed by atoms with van der Waals surface area (Å²) in [6.07, 6.45) is 3.66. The molecule has 1 amide bonds. The second-order valence-corrected chi connectivity index (χ2v) is 7.78. The zero-order chi connectivity index (χ0) is 17.8. The van der Waals surface area contributed by atoms with Crippen LogP contribution in [0.1, 0.15) is 36.5 Å². The summed E-state index contributed by atoms with van der Waals surface area (Å²) in [6.45, 7) is 3.11. The Balaban J connectivity index is 1.51. The number of halogens is 1. The topological polar surface area (TPSA) is 32.3 Å². The van der Waals surface area contributed by atoms with Crippen LogP contribution in [0.5, 0.6) is 0 Å². The van der Waals surface area contributed by atoms with E-state index in [2.05, 4.69) is 70.6 Å². The second kappa shape index (κ2) is 8.15. The van der Waals surface area contributed by atoms with Crippen LogP contribution in [0.15, 0.2) is 46.9 Å². The number of hydrogen-bond donors (Lipinski definition) is 1. The van der Waals surface area contributed by atoms with E-state index in [1.165, 1.54) is 16.7 Å². The average molecular weight is 401 g/mol. The van der Waals surface area contributed by atoms with Gasteiger partial charge in [-0.05, 0) is 61.1 Å². The minimum absolute atomic E-state index is 0.208. The molecule has 0 radical (unpaired) electrons. The van der Waals surface area contributed by atoms with Gasteiger partial charge < -0.3 is 10.2 Å². The fraction of sp³-hybridized carbons (Fsp3) is 0.381. The van der Waals surface area contributed by atoms with Crippen molar-refractivity contribution < 1.29 is 4.79 Å². The highest BCUT2D eigenvalue weighted by Gasteiger charge is 2.20. The monoisotopic (exact) mass is 400 g/mol. The van der Waals surface area contributed by atoms with Crippen LogP contribution >= 0.6 is 15.9 Å². The Morgan fingerprint density at radius 1 is 1.12 bits per heavy atom. The van der Waals surface area contributed by atoms with Crippen molar-refractivity contribution in [1.82, 2.24) is 5.32 Å². The first kappa shape index (κ1) is 18.2. The minimum atomic E-state index is 0.208. The highest BCUT2D eigenvalue weighted by atomic mass is 79.9. The van der Waals surface area contributed by atoms with Gasteiger partial charge in [-0.1, -0.05) is 40.2 Å². The first-order valence-electron chi connectivity index (χ1n) is 8.89. The maximum atomic E-state index is 11.8. The van der Waals surface area contributed by atoms with Gasteiger partial charge in [0.2, 0.25) is 5.91 Å². The van der Waals surface area contributed by atoms with Crippen molar-refractivity contribution in [2.24, 2.45) is 0 Å². The number of nitrogens with one attached hydrogen (secondary N) is 1. The molecule has 0 aliphatic carbocycles. The number of anilines is 1. The molecule has 3 rings (SSSR count). The van der Waals surface area contributed by atoms with Crippen LogP contribution in [0.3, 0.4) is 0 Å². The SMILES string of the molecule is CC(CCc1ccc(Br)cc1)NCc1ccc2c(c1)CCC(=O)N2C. The van der Waals surface area contributed by atoms with E-state index >= 15 is 0 Å². The maximum absolute atomic E-state index is 11.8. The Labute approximate surface area is 158 Å². The van der Waals surface area contributed by atoms with Crippen LogP contribution < -0.4 is 10.2 Å². The molecular weight excluding hydrogens is 376 g/mol. The van der Waals surface area contributed by atoms with E-state index in [1.807, 2.05) is 7.05 Å². The lowest BCUT2D eigenvalue weighted by molar-refractivity contribution is -0.118. The minimum Gasteiger partial charge on any atom is -0.315 e. The second-order valence-electron chi connectivity index (χ2n) is 6.86. The van der Waals surface area contributed by atoms with Gasteiger partial charge >= 0.3 is 0 Å². The van der Waals surface area contributed by atoms with Crippen LogP contribution in [0, 0.1) is 0 Å². The van der Waals surface area contributed by atoms with E-state index in [-0.39, 0.29) is 5.91 Å². The number of hydrogen-bond acceptors (Lipinski definition) is 2. The molecule has 1 aliphatic heterocycles. The molecular formula is C21H25BrN2O. The van der Waals surface area contributed by atoms with Crippen molar-refractivity contribution in [2.75, 3.05) is 11.9 Å². The third-order valence-electron chi connectivity index (χ3n) is 4.92. The fourth-order valence-corrected chi connectivity index (χ4v) is 3.51. The van der Waals surface area contributed by atoms with E-state index in [0.29, 0.717) is 12.5 Å². The Kier molecular flexibility index (Phi) is 5.92. The molecule has 1 aliphatic rings. The summed E-state index contributed by atoms with van der Waals surface area (Å²) < 4.78 is 1.13.